The van der Waals surface area contributed by atoms with E-state index in [9.17, 15) is 9.59 Å². The van der Waals surface area contributed by atoms with E-state index in [1.807, 2.05) is 6.07 Å². The summed E-state index contributed by atoms with van der Waals surface area (Å²) in [6.07, 6.45) is 0.408. The highest BCUT2D eigenvalue weighted by molar-refractivity contribution is 5.84. The lowest BCUT2D eigenvalue weighted by atomic mass is 10.1. The molecule has 15 heavy (non-hydrogen) atoms. The molecule has 0 fully saturated rings. The standard InChI is InChI=1S/C9H14N2O4/c1-14-6-8(12)11-7(4-3-5-10)9(13)15-2/h7H,3-4,6H2,1-2H3,(H,11,12)/t7-/m1/s1. The van der Waals surface area contributed by atoms with Crippen LogP contribution in [0.4, 0.5) is 0 Å². The predicted molar refractivity (Wildman–Crippen MR) is 50.7 cm³/mol. The number of hydrogen-bond acceptors (Lipinski definition) is 5. The van der Waals surface area contributed by atoms with Gasteiger partial charge in [0, 0.05) is 13.5 Å². The summed E-state index contributed by atoms with van der Waals surface area (Å²) in [5.74, 6) is -0.972. The number of nitrogens with one attached hydrogen (secondary N) is 1. The van der Waals surface area contributed by atoms with E-state index in [2.05, 4.69) is 14.8 Å². The van der Waals surface area contributed by atoms with Crippen LogP contribution < -0.4 is 5.32 Å². The van der Waals surface area contributed by atoms with Crippen LogP contribution in [0.25, 0.3) is 0 Å². The largest absolute Gasteiger partial charge is 0.467 e. The smallest absolute Gasteiger partial charge is 0.328 e. The zero-order chi connectivity index (χ0) is 11.7. The van der Waals surface area contributed by atoms with Gasteiger partial charge < -0.3 is 14.8 Å². The van der Waals surface area contributed by atoms with Gasteiger partial charge in [0.25, 0.3) is 0 Å². The molecule has 6 heteroatoms. The summed E-state index contributed by atoms with van der Waals surface area (Å²) in [7, 11) is 2.60. The minimum Gasteiger partial charge on any atom is -0.467 e. The van der Waals surface area contributed by atoms with E-state index in [1.165, 1.54) is 14.2 Å². The molecule has 0 bridgehead atoms. The molecule has 0 spiro atoms. The lowest BCUT2D eigenvalue weighted by Gasteiger charge is -2.14. The molecular weight excluding hydrogens is 200 g/mol. The Morgan fingerprint density at radius 1 is 1.47 bits per heavy atom. The van der Waals surface area contributed by atoms with Gasteiger partial charge in [-0.2, -0.15) is 5.26 Å². The van der Waals surface area contributed by atoms with Gasteiger partial charge in [-0.15, -0.1) is 0 Å². The molecule has 0 rings (SSSR count). The topological polar surface area (TPSA) is 88.4 Å². The van der Waals surface area contributed by atoms with Crippen molar-refractivity contribution in [3.05, 3.63) is 0 Å². The summed E-state index contributed by atoms with van der Waals surface area (Å²) in [5, 5.41) is 10.8. The Hall–Kier alpha value is -1.61. The fourth-order valence-electron chi connectivity index (χ4n) is 0.967. The number of carbonyl (C=O) groups is 2. The molecule has 0 aliphatic heterocycles. The zero-order valence-corrected chi connectivity index (χ0v) is 8.78. The Morgan fingerprint density at radius 2 is 2.13 bits per heavy atom. The Balaban J connectivity index is 4.18. The van der Waals surface area contributed by atoms with Crippen LogP contribution in [-0.4, -0.2) is 38.7 Å². The van der Waals surface area contributed by atoms with Crippen molar-refractivity contribution in [2.24, 2.45) is 0 Å². The first-order valence-corrected chi connectivity index (χ1v) is 4.38. The maximum absolute atomic E-state index is 11.2. The second kappa shape index (κ2) is 7.76. The van der Waals surface area contributed by atoms with Crippen LogP contribution in [0.5, 0.6) is 0 Å². The van der Waals surface area contributed by atoms with E-state index < -0.39 is 17.9 Å². The van der Waals surface area contributed by atoms with Crippen LogP contribution in [0.15, 0.2) is 0 Å². The highest BCUT2D eigenvalue weighted by atomic mass is 16.5. The van der Waals surface area contributed by atoms with Crippen molar-refractivity contribution in [1.82, 2.24) is 5.32 Å². The van der Waals surface area contributed by atoms with Gasteiger partial charge in [0.05, 0.1) is 13.2 Å². The maximum atomic E-state index is 11.2. The Kier molecular flexibility index (Phi) is 6.93. The highest BCUT2D eigenvalue weighted by Gasteiger charge is 2.20. The number of nitrogens with zero attached hydrogens (tertiary/aromatic N) is 1. The molecule has 0 saturated heterocycles. The first kappa shape index (κ1) is 13.4. The molecular formula is C9H14N2O4. The summed E-state index contributed by atoms with van der Waals surface area (Å²) in [4.78, 5) is 22.3. The number of amides is 1. The molecule has 1 N–H and O–H groups in total. The molecule has 1 amide bonds. The van der Waals surface area contributed by atoms with E-state index in [1.54, 1.807) is 0 Å². The van der Waals surface area contributed by atoms with Gasteiger partial charge in [0.1, 0.15) is 12.6 Å². The normalized spacial score (nSPS) is 11.3. The molecule has 1 atom stereocenters. The molecule has 0 aliphatic carbocycles. The van der Waals surface area contributed by atoms with Crippen molar-refractivity contribution in [3.8, 4) is 6.07 Å². The maximum Gasteiger partial charge on any atom is 0.328 e. The van der Waals surface area contributed by atoms with E-state index >= 15 is 0 Å². The van der Waals surface area contributed by atoms with Crippen molar-refractivity contribution in [3.63, 3.8) is 0 Å². The second-order valence-corrected chi connectivity index (χ2v) is 2.77. The molecule has 0 saturated carbocycles. The van der Waals surface area contributed by atoms with Crippen molar-refractivity contribution in [2.75, 3.05) is 20.8 Å². The quantitative estimate of drug-likeness (QED) is 0.607. The van der Waals surface area contributed by atoms with Crippen LogP contribution in [0, 0.1) is 11.3 Å². The van der Waals surface area contributed by atoms with Gasteiger partial charge in [-0.05, 0) is 6.42 Å². The molecule has 0 aromatic rings. The SMILES string of the molecule is COCC(=O)N[C@H](CCC#N)C(=O)OC. The minimum absolute atomic E-state index is 0.125. The first-order valence-electron chi connectivity index (χ1n) is 4.38. The summed E-state index contributed by atoms with van der Waals surface area (Å²) in [6.45, 7) is -0.125. The molecule has 0 heterocycles. The fourth-order valence-corrected chi connectivity index (χ4v) is 0.967. The summed E-state index contributed by atoms with van der Waals surface area (Å²) < 4.78 is 9.08. The van der Waals surface area contributed by atoms with Crippen molar-refractivity contribution in [2.45, 2.75) is 18.9 Å². The highest BCUT2D eigenvalue weighted by Crippen LogP contribution is 1.98. The van der Waals surface area contributed by atoms with Gasteiger partial charge in [-0.3, -0.25) is 4.79 Å². The predicted octanol–water partition coefficient (Wildman–Crippen LogP) is -0.406. The minimum atomic E-state index is -0.780. The molecule has 0 unspecified atom stereocenters. The lowest BCUT2D eigenvalue weighted by molar-refractivity contribution is -0.145. The first-order chi connectivity index (χ1) is 7.15. The van der Waals surface area contributed by atoms with Crippen LogP contribution in [0.2, 0.25) is 0 Å². The lowest BCUT2D eigenvalue weighted by Crippen LogP contribution is -2.42. The van der Waals surface area contributed by atoms with Crippen LogP contribution in [-0.2, 0) is 19.1 Å². The van der Waals surface area contributed by atoms with E-state index in [-0.39, 0.29) is 19.4 Å². The number of esters is 1. The second-order valence-electron chi connectivity index (χ2n) is 2.77. The van der Waals surface area contributed by atoms with Crippen LogP contribution in [0.1, 0.15) is 12.8 Å². The summed E-state index contributed by atoms with van der Waals surface area (Å²) >= 11 is 0. The number of methoxy groups -OCH3 is 2. The average Bonchev–Trinajstić information content (AvgIpc) is 2.23. The fraction of sp³-hybridized carbons (Fsp3) is 0.667. The zero-order valence-electron chi connectivity index (χ0n) is 8.78. The molecule has 6 nitrogen and oxygen atoms in total. The van der Waals surface area contributed by atoms with E-state index in [4.69, 9.17) is 5.26 Å². The Morgan fingerprint density at radius 3 is 2.60 bits per heavy atom. The van der Waals surface area contributed by atoms with Crippen molar-refractivity contribution >= 4 is 11.9 Å². The van der Waals surface area contributed by atoms with E-state index in [0.717, 1.165) is 0 Å². The molecule has 84 valence electrons. The van der Waals surface area contributed by atoms with Crippen LogP contribution in [0.3, 0.4) is 0 Å². The van der Waals surface area contributed by atoms with Gasteiger partial charge in [0.15, 0.2) is 0 Å². The molecule has 0 radical (unpaired) electrons. The van der Waals surface area contributed by atoms with Gasteiger partial charge in [-0.25, -0.2) is 4.79 Å². The summed E-state index contributed by atoms with van der Waals surface area (Å²) in [6, 6.07) is 1.11. The third kappa shape index (κ3) is 5.65. The van der Waals surface area contributed by atoms with Crippen molar-refractivity contribution < 1.29 is 19.1 Å². The van der Waals surface area contributed by atoms with E-state index in [0.29, 0.717) is 0 Å². The monoisotopic (exact) mass is 214 g/mol. The number of carbonyl (C=O) groups excluding carboxylic acids is 2. The van der Waals surface area contributed by atoms with Crippen molar-refractivity contribution in [1.29, 1.82) is 5.26 Å². The average molecular weight is 214 g/mol. The number of rotatable bonds is 6. The molecule has 0 aromatic heterocycles. The number of hydrogen-bond donors (Lipinski definition) is 1. The van der Waals surface area contributed by atoms with Gasteiger partial charge >= 0.3 is 5.97 Å². The molecule has 0 aromatic carbocycles. The third-order valence-electron chi connectivity index (χ3n) is 1.64. The van der Waals surface area contributed by atoms with Gasteiger partial charge in [-0.1, -0.05) is 0 Å². The number of ether oxygens (including phenoxy) is 2. The Labute approximate surface area is 88.2 Å². The summed E-state index contributed by atoms with van der Waals surface area (Å²) in [5.41, 5.74) is 0. The third-order valence-corrected chi connectivity index (χ3v) is 1.64. The molecule has 0 aliphatic rings. The Bertz CT molecular complexity index is 259. The van der Waals surface area contributed by atoms with Crippen LogP contribution >= 0.6 is 0 Å². The van der Waals surface area contributed by atoms with Gasteiger partial charge in [0.2, 0.25) is 5.91 Å². The number of nitriles is 1.